The van der Waals surface area contributed by atoms with Gasteiger partial charge in [-0.3, -0.25) is 4.79 Å². The highest BCUT2D eigenvalue weighted by molar-refractivity contribution is 5.32. The molecule has 84 valence electrons. The zero-order valence-electron chi connectivity index (χ0n) is 7.66. The summed E-state index contributed by atoms with van der Waals surface area (Å²) in [7, 11) is 2.00. The van der Waals surface area contributed by atoms with Crippen LogP contribution in [0.4, 0.5) is 0 Å². The molecule has 0 saturated heterocycles. The first-order valence-corrected chi connectivity index (χ1v) is 3.10. The van der Waals surface area contributed by atoms with Crippen molar-refractivity contribution >= 4 is 6.47 Å². The zero-order chi connectivity index (χ0) is 11.7. The van der Waals surface area contributed by atoms with Crippen molar-refractivity contribution in [3.63, 3.8) is 0 Å². The molecule has 0 unspecified atom stereocenters. The lowest BCUT2D eigenvalue weighted by Crippen LogP contribution is -2.15. The molecule has 0 radical (unpaired) electrons. The standard InChI is InChI=1S/C3H8O3.CH2O2.2CH4O/c4-1-3(6)2-5;2-1-3;2*1-2/h3-6H,1-2H2;1H,(H,2,3);2*2H,1H3. The van der Waals surface area contributed by atoms with E-state index in [2.05, 4.69) is 0 Å². The van der Waals surface area contributed by atoms with Crippen LogP contribution >= 0.6 is 0 Å². The zero-order valence-corrected chi connectivity index (χ0v) is 7.66. The van der Waals surface area contributed by atoms with E-state index < -0.39 is 6.10 Å². The highest BCUT2D eigenvalue weighted by atomic mass is 16.3. The van der Waals surface area contributed by atoms with Crippen molar-refractivity contribution in [2.24, 2.45) is 0 Å². The van der Waals surface area contributed by atoms with Crippen LogP contribution in [0.3, 0.4) is 0 Å². The Morgan fingerprint density at radius 3 is 1.23 bits per heavy atom. The summed E-state index contributed by atoms with van der Waals surface area (Å²) in [6.07, 6.45) is -0.954. The van der Waals surface area contributed by atoms with E-state index in [9.17, 15) is 0 Å². The molecule has 0 rings (SSSR count). The van der Waals surface area contributed by atoms with Gasteiger partial charge in [0.2, 0.25) is 0 Å². The summed E-state index contributed by atoms with van der Waals surface area (Å²) in [6, 6.07) is 0. The topological polar surface area (TPSA) is 138 Å². The third-order valence-electron chi connectivity index (χ3n) is 0.421. The Hall–Kier alpha value is -0.730. The molecule has 0 spiro atoms. The normalized spacial score (nSPS) is 6.46. The van der Waals surface area contributed by atoms with Gasteiger partial charge in [0, 0.05) is 14.2 Å². The highest BCUT2D eigenvalue weighted by Crippen LogP contribution is 1.71. The van der Waals surface area contributed by atoms with E-state index in [1.807, 2.05) is 0 Å². The molecule has 0 aromatic heterocycles. The van der Waals surface area contributed by atoms with Crippen LogP contribution in [0.25, 0.3) is 0 Å². The average molecular weight is 202 g/mol. The van der Waals surface area contributed by atoms with Crippen LogP contribution < -0.4 is 0 Å². The molecule has 0 saturated carbocycles. The molecular weight excluding hydrogens is 184 g/mol. The van der Waals surface area contributed by atoms with Gasteiger partial charge in [-0.25, -0.2) is 0 Å². The minimum Gasteiger partial charge on any atom is -0.483 e. The largest absolute Gasteiger partial charge is 0.483 e. The van der Waals surface area contributed by atoms with Gasteiger partial charge in [-0.2, -0.15) is 0 Å². The van der Waals surface area contributed by atoms with E-state index in [4.69, 9.17) is 35.4 Å². The van der Waals surface area contributed by atoms with E-state index in [0.29, 0.717) is 0 Å². The Bertz CT molecular complexity index is 54.9. The summed E-state index contributed by atoms with van der Waals surface area (Å²) in [6.45, 7) is -0.979. The van der Waals surface area contributed by atoms with E-state index in [0.717, 1.165) is 14.2 Å². The van der Waals surface area contributed by atoms with Gasteiger partial charge in [-0.1, -0.05) is 0 Å². The third-order valence-corrected chi connectivity index (χ3v) is 0.421. The lowest BCUT2D eigenvalue weighted by Gasteiger charge is -1.96. The maximum atomic E-state index is 8.36. The lowest BCUT2D eigenvalue weighted by atomic mass is 10.4. The second-order valence-corrected chi connectivity index (χ2v) is 1.12. The Labute approximate surface area is 76.5 Å². The minimum absolute atomic E-state index is 0.250. The fraction of sp³-hybridized carbons (Fsp3) is 0.833. The summed E-state index contributed by atoms with van der Waals surface area (Å²) in [5, 5.41) is 44.9. The quantitative estimate of drug-likeness (QED) is 0.267. The second-order valence-electron chi connectivity index (χ2n) is 1.12. The Morgan fingerprint density at radius 1 is 1.08 bits per heavy atom. The predicted octanol–water partition coefficient (Wildman–Crippen LogP) is -2.75. The van der Waals surface area contributed by atoms with Gasteiger partial charge >= 0.3 is 0 Å². The maximum Gasteiger partial charge on any atom is 0.290 e. The van der Waals surface area contributed by atoms with Gasteiger partial charge in [0.05, 0.1) is 13.2 Å². The van der Waals surface area contributed by atoms with Gasteiger partial charge in [-0.15, -0.1) is 0 Å². The molecule has 7 nitrogen and oxygen atoms in total. The minimum atomic E-state index is -0.954. The highest BCUT2D eigenvalue weighted by Gasteiger charge is 1.93. The molecule has 0 aliphatic carbocycles. The van der Waals surface area contributed by atoms with Crippen molar-refractivity contribution in [1.29, 1.82) is 0 Å². The van der Waals surface area contributed by atoms with Crippen LogP contribution in [0.15, 0.2) is 0 Å². The number of aliphatic hydroxyl groups excluding tert-OH is 5. The summed E-state index contributed by atoms with van der Waals surface area (Å²) in [5.41, 5.74) is 0. The molecule has 13 heavy (non-hydrogen) atoms. The van der Waals surface area contributed by atoms with Crippen molar-refractivity contribution in [3.05, 3.63) is 0 Å². The summed E-state index contributed by atoms with van der Waals surface area (Å²) in [5.74, 6) is 0. The number of carbonyl (C=O) groups is 1. The molecule has 0 aromatic rings. The molecule has 0 bridgehead atoms. The molecule has 7 heteroatoms. The van der Waals surface area contributed by atoms with Crippen LogP contribution in [-0.4, -0.2) is 70.6 Å². The van der Waals surface area contributed by atoms with Crippen LogP contribution in [0.1, 0.15) is 0 Å². The maximum absolute atomic E-state index is 8.36. The van der Waals surface area contributed by atoms with Gasteiger partial charge in [-0.05, 0) is 0 Å². The second kappa shape index (κ2) is 42.8. The number of rotatable bonds is 2. The molecule has 6 N–H and O–H groups in total. The molecule has 0 aliphatic rings. The van der Waals surface area contributed by atoms with Crippen molar-refractivity contribution in [1.82, 2.24) is 0 Å². The van der Waals surface area contributed by atoms with Crippen LogP contribution in [-0.2, 0) is 4.79 Å². The monoisotopic (exact) mass is 202 g/mol. The van der Waals surface area contributed by atoms with Crippen molar-refractivity contribution in [3.8, 4) is 0 Å². The molecule has 0 amide bonds. The molecule has 0 heterocycles. The number of carboxylic acid groups (broad SMARTS) is 1. The van der Waals surface area contributed by atoms with Gasteiger partial charge in [0.15, 0.2) is 0 Å². The molecule has 0 aromatic carbocycles. The smallest absolute Gasteiger partial charge is 0.290 e. The summed E-state index contributed by atoms with van der Waals surface area (Å²) < 4.78 is 0. The molecule has 0 atom stereocenters. The third kappa shape index (κ3) is 90.6. The molecular formula is C6H18O7. The predicted molar refractivity (Wildman–Crippen MR) is 45.2 cm³/mol. The van der Waals surface area contributed by atoms with Crippen LogP contribution in [0, 0.1) is 0 Å². The summed E-state index contributed by atoms with van der Waals surface area (Å²) >= 11 is 0. The van der Waals surface area contributed by atoms with Crippen LogP contribution in [0.2, 0.25) is 0 Å². The fourth-order valence-corrected chi connectivity index (χ4v) is 0.0577. The van der Waals surface area contributed by atoms with Gasteiger partial charge < -0.3 is 30.6 Å². The Kier molecular flexibility index (Phi) is 75.0. The van der Waals surface area contributed by atoms with Gasteiger partial charge in [0.1, 0.15) is 6.10 Å². The summed E-state index contributed by atoms with van der Waals surface area (Å²) in [4.78, 5) is 8.36. The number of hydrogen-bond acceptors (Lipinski definition) is 6. The Morgan fingerprint density at radius 2 is 1.23 bits per heavy atom. The number of hydrogen-bond donors (Lipinski definition) is 6. The fourth-order valence-electron chi connectivity index (χ4n) is 0.0577. The van der Waals surface area contributed by atoms with Crippen molar-refractivity contribution < 1.29 is 35.4 Å². The van der Waals surface area contributed by atoms with Crippen molar-refractivity contribution in [2.75, 3.05) is 27.4 Å². The molecule has 0 fully saturated rings. The van der Waals surface area contributed by atoms with E-state index in [1.165, 1.54) is 0 Å². The number of aliphatic hydroxyl groups is 5. The van der Waals surface area contributed by atoms with Crippen molar-refractivity contribution in [2.45, 2.75) is 6.10 Å². The Balaban J connectivity index is -0.0000000493. The van der Waals surface area contributed by atoms with E-state index in [1.54, 1.807) is 0 Å². The first kappa shape index (κ1) is 22.8. The van der Waals surface area contributed by atoms with E-state index in [-0.39, 0.29) is 19.7 Å². The van der Waals surface area contributed by atoms with Crippen LogP contribution in [0.5, 0.6) is 0 Å². The lowest BCUT2D eigenvalue weighted by molar-refractivity contribution is -0.122. The first-order chi connectivity index (χ1) is 6.22. The average Bonchev–Trinajstić information content (AvgIpc) is 2.24. The first-order valence-electron chi connectivity index (χ1n) is 3.10. The van der Waals surface area contributed by atoms with Gasteiger partial charge in [0.25, 0.3) is 6.47 Å². The van der Waals surface area contributed by atoms with E-state index >= 15 is 0 Å². The SMILES string of the molecule is CO.CO.O=CO.OCC(O)CO. The molecule has 0 aliphatic heterocycles.